The largest absolute Gasteiger partial charge is 0.329 e. The lowest BCUT2D eigenvalue weighted by Gasteiger charge is -2.21. The van der Waals surface area contributed by atoms with Crippen molar-refractivity contribution >= 4 is 52.0 Å². The number of hydrogen-bond acceptors (Lipinski definition) is 3. The lowest BCUT2D eigenvalue weighted by Crippen LogP contribution is -2.38. The molecule has 1 aromatic carbocycles. The van der Waals surface area contributed by atoms with E-state index in [0.29, 0.717) is 27.2 Å². The van der Waals surface area contributed by atoms with Gasteiger partial charge >= 0.3 is 0 Å². The summed E-state index contributed by atoms with van der Waals surface area (Å²) in [4.78, 5) is 27.4. The lowest BCUT2D eigenvalue weighted by atomic mass is 10.2. The van der Waals surface area contributed by atoms with Gasteiger partial charge in [-0.05, 0) is 48.1 Å². The van der Waals surface area contributed by atoms with Gasteiger partial charge in [0.1, 0.15) is 6.54 Å². The van der Waals surface area contributed by atoms with E-state index in [1.807, 2.05) is 25.3 Å². The number of nitrogens with one attached hydrogen (secondary N) is 1. The van der Waals surface area contributed by atoms with Gasteiger partial charge in [0.2, 0.25) is 5.91 Å². The van der Waals surface area contributed by atoms with E-state index in [0.717, 1.165) is 18.4 Å². The van der Waals surface area contributed by atoms with Gasteiger partial charge in [0.05, 0.1) is 15.6 Å². The van der Waals surface area contributed by atoms with Crippen LogP contribution >= 0.6 is 34.5 Å². The van der Waals surface area contributed by atoms with Crippen LogP contribution in [0.5, 0.6) is 0 Å². The number of nitrogens with zero attached hydrogens (tertiary/aromatic N) is 1. The first-order valence-electron chi connectivity index (χ1n) is 8.06. The van der Waals surface area contributed by atoms with Gasteiger partial charge in [0.15, 0.2) is 0 Å². The molecule has 0 aliphatic rings. The fourth-order valence-corrected chi connectivity index (χ4v) is 3.72. The van der Waals surface area contributed by atoms with Gasteiger partial charge in [-0.15, -0.1) is 11.3 Å². The third-order valence-corrected chi connectivity index (χ3v) is 5.15. The molecule has 2 rings (SSSR count). The van der Waals surface area contributed by atoms with Gasteiger partial charge in [-0.1, -0.05) is 37.0 Å². The van der Waals surface area contributed by atoms with Crippen LogP contribution in [-0.2, 0) is 11.2 Å². The molecule has 4 nitrogen and oxygen atoms in total. The topological polar surface area (TPSA) is 49.4 Å². The summed E-state index contributed by atoms with van der Waals surface area (Å²) in [6.45, 7) is 4.46. The Labute approximate surface area is 161 Å². The molecule has 0 bridgehead atoms. The molecule has 2 aromatic rings. The number of rotatable bonds is 7. The second-order valence-electron chi connectivity index (χ2n) is 5.53. The summed E-state index contributed by atoms with van der Waals surface area (Å²) in [6.07, 6.45) is 1.55. The van der Waals surface area contributed by atoms with Crippen molar-refractivity contribution in [2.75, 3.05) is 18.4 Å². The fraction of sp³-hybridized carbons (Fsp3) is 0.333. The number of hydrogen-bond donors (Lipinski definition) is 1. The quantitative estimate of drug-likeness (QED) is 0.704. The van der Waals surface area contributed by atoms with Crippen LogP contribution in [0, 0.1) is 0 Å². The van der Waals surface area contributed by atoms with Gasteiger partial charge in [-0.25, -0.2) is 0 Å². The monoisotopic (exact) mass is 398 g/mol. The van der Waals surface area contributed by atoms with Crippen LogP contribution in [0.2, 0.25) is 10.0 Å². The van der Waals surface area contributed by atoms with Gasteiger partial charge in [-0.3, -0.25) is 9.59 Å². The smallest absolute Gasteiger partial charge is 0.264 e. The van der Waals surface area contributed by atoms with E-state index in [9.17, 15) is 9.59 Å². The molecule has 134 valence electrons. The molecule has 1 heterocycles. The maximum Gasteiger partial charge on any atom is 0.264 e. The van der Waals surface area contributed by atoms with Crippen molar-refractivity contribution in [1.82, 2.24) is 4.90 Å². The van der Waals surface area contributed by atoms with Crippen molar-refractivity contribution in [2.24, 2.45) is 0 Å². The summed E-state index contributed by atoms with van der Waals surface area (Å²) < 4.78 is 0. The molecular weight excluding hydrogens is 379 g/mol. The zero-order chi connectivity index (χ0) is 18.4. The average molecular weight is 399 g/mol. The number of thiophene rings is 1. The molecule has 25 heavy (non-hydrogen) atoms. The minimum atomic E-state index is -0.305. The van der Waals surface area contributed by atoms with Gasteiger partial charge < -0.3 is 10.2 Å². The van der Waals surface area contributed by atoms with Crippen molar-refractivity contribution < 1.29 is 9.59 Å². The molecule has 0 radical (unpaired) electrons. The minimum absolute atomic E-state index is 0.0312. The second kappa shape index (κ2) is 9.22. The molecule has 0 saturated carbocycles. The first-order chi connectivity index (χ1) is 12.0. The molecule has 0 saturated heterocycles. The highest BCUT2D eigenvalue weighted by molar-refractivity contribution is 7.12. The standard InChI is InChI=1S/C18H20Cl2N2O2S/c1-3-8-22(18(24)17-12(4-2)7-9-25-17)11-16(23)21-15-10-13(19)5-6-14(15)20/h5-7,9-10H,3-4,8,11H2,1-2H3,(H,21,23). The number of halogens is 2. The zero-order valence-electron chi connectivity index (χ0n) is 14.1. The summed E-state index contributed by atoms with van der Waals surface area (Å²) in [5.41, 5.74) is 1.45. The van der Waals surface area contributed by atoms with E-state index in [1.54, 1.807) is 23.1 Å². The molecule has 0 fully saturated rings. The predicted octanol–water partition coefficient (Wildman–Crippen LogP) is 5.11. The molecule has 0 atom stereocenters. The normalized spacial score (nSPS) is 10.6. The fourth-order valence-electron chi connectivity index (χ4n) is 2.42. The Hall–Kier alpha value is -1.56. The van der Waals surface area contributed by atoms with Crippen molar-refractivity contribution in [3.8, 4) is 0 Å². The summed E-state index contributed by atoms with van der Waals surface area (Å²) in [5.74, 6) is -0.415. The Bertz CT molecular complexity index is 761. The third kappa shape index (κ3) is 5.21. The van der Waals surface area contributed by atoms with Gasteiger partial charge in [0, 0.05) is 11.6 Å². The zero-order valence-corrected chi connectivity index (χ0v) is 16.5. The molecule has 1 aromatic heterocycles. The molecule has 0 spiro atoms. The summed E-state index contributed by atoms with van der Waals surface area (Å²) in [6, 6.07) is 6.80. The van der Waals surface area contributed by atoms with Crippen LogP contribution in [0.4, 0.5) is 5.69 Å². The van der Waals surface area contributed by atoms with E-state index in [4.69, 9.17) is 23.2 Å². The Balaban J connectivity index is 2.11. The van der Waals surface area contributed by atoms with Gasteiger partial charge in [0.25, 0.3) is 5.91 Å². The van der Waals surface area contributed by atoms with Crippen LogP contribution in [-0.4, -0.2) is 29.8 Å². The summed E-state index contributed by atoms with van der Waals surface area (Å²) in [5, 5.41) is 5.51. The van der Waals surface area contributed by atoms with Crippen LogP contribution in [0.15, 0.2) is 29.6 Å². The van der Waals surface area contributed by atoms with Crippen LogP contribution in [0.1, 0.15) is 35.5 Å². The highest BCUT2D eigenvalue weighted by atomic mass is 35.5. The number of carbonyl (C=O) groups is 2. The van der Waals surface area contributed by atoms with Crippen molar-refractivity contribution in [1.29, 1.82) is 0 Å². The van der Waals surface area contributed by atoms with Crippen molar-refractivity contribution in [3.63, 3.8) is 0 Å². The summed E-state index contributed by atoms with van der Waals surface area (Å²) >= 11 is 13.4. The molecular formula is C18H20Cl2N2O2S. The lowest BCUT2D eigenvalue weighted by molar-refractivity contribution is -0.116. The predicted molar refractivity (Wildman–Crippen MR) is 105 cm³/mol. The van der Waals surface area contributed by atoms with E-state index < -0.39 is 0 Å². The maximum atomic E-state index is 12.8. The molecule has 0 unspecified atom stereocenters. The first kappa shape index (κ1) is 19.8. The summed E-state index contributed by atoms with van der Waals surface area (Å²) in [7, 11) is 0. The Kier molecular flexibility index (Phi) is 7.29. The van der Waals surface area contributed by atoms with Crippen LogP contribution in [0.3, 0.4) is 0 Å². The Morgan fingerprint density at radius 3 is 2.64 bits per heavy atom. The van der Waals surface area contributed by atoms with Crippen molar-refractivity contribution in [2.45, 2.75) is 26.7 Å². The first-order valence-corrected chi connectivity index (χ1v) is 9.70. The third-order valence-electron chi connectivity index (χ3n) is 3.64. The number of benzene rings is 1. The molecule has 7 heteroatoms. The molecule has 2 amide bonds. The van der Waals surface area contributed by atoms with Crippen molar-refractivity contribution in [3.05, 3.63) is 50.1 Å². The van der Waals surface area contributed by atoms with E-state index in [-0.39, 0.29) is 18.4 Å². The maximum absolute atomic E-state index is 12.8. The van der Waals surface area contributed by atoms with E-state index in [1.165, 1.54) is 11.3 Å². The number of anilines is 1. The van der Waals surface area contributed by atoms with E-state index in [2.05, 4.69) is 5.32 Å². The highest BCUT2D eigenvalue weighted by Crippen LogP contribution is 2.25. The Morgan fingerprint density at radius 2 is 1.96 bits per heavy atom. The number of carbonyl (C=O) groups excluding carboxylic acids is 2. The number of amides is 2. The second-order valence-corrected chi connectivity index (χ2v) is 7.29. The van der Waals surface area contributed by atoms with Crippen LogP contribution < -0.4 is 5.32 Å². The van der Waals surface area contributed by atoms with Gasteiger partial charge in [-0.2, -0.15) is 0 Å². The SMILES string of the molecule is CCCN(CC(=O)Nc1cc(Cl)ccc1Cl)C(=O)c1sccc1CC. The highest BCUT2D eigenvalue weighted by Gasteiger charge is 2.21. The van der Waals surface area contributed by atoms with Crippen LogP contribution in [0.25, 0.3) is 0 Å². The Morgan fingerprint density at radius 1 is 1.20 bits per heavy atom. The molecule has 0 aliphatic carbocycles. The molecule has 1 N–H and O–H groups in total. The molecule has 0 aliphatic heterocycles. The van der Waals surface area contributed by atoms with E-state index >= 15 is 0 Å². The minimum Gasteiger partial charge on any atom is -0.329 e. The average Bonchev–Trinajstić information content (AvgIpc) is 3.05. The number of aryl methyl sites for hydroxylation is 1.